The van der Waals surface area contributed by atoms with Gasteiger partial charge in [0.25, 0.3) is 5.91 Å². The fourth-order valence-corrected chi connectivity index (χ4v) is 2.80. The Balaban J connectivity index is 1.66. The first-order chi connectivity index (χ1) is 12.6. The van der Waals surface area contributed by atoms with Gasteiger partial charge >= 0.3 is 0 Å². The molecule has 1 aliphatic carbocycles. The zero-order chi connectivity index (χ0) is 18.5. The molecule has 1 saturated carbocycles. The second kappa shape index (κ2) is 7.92. The fraction of sp³-hybridized carbons (Fsp3) is 0.333. The van der Waals surface area contributed by atoms with Gasteiger partial charge in [0.1, 0.15) is 11.5 Å². The minimum atomic E-state index is -0.582. The number of hydrogen-bond acceptors (Lipinski definition) is 4. The maximum atomic E-state index is 12.9. The third-order valence-corrected chi connectivity index (χ3v) is 4.43. The first-order valence-corrected chi connectivity index (χ1v) is 8.71. The summed E-state index contributed by atoms with van der Waals surface area (Å²) in [6.45, 7) is 2.33. The van der Waals surface area contributed by atoms with Crippen molar-refractivity contribution < 1.29 is 14.3 Å². The number of methoxy groups -OCH3 is 1. The van der Waals surface area contributed by atoms with E-state index in [1.54, 1.807) is 38.3 Å². The summed E-state index contributed by atoms with van der Waals surface area (Å²) in [5.41, 5.74) is 1.63. The van der Waals surface area contributed by atoms with Crippen molar-refractivity contribution >= 4 is 5.91 Å². The molecule has 2 aromatic carbocycles. The third kappa shape index (κ3) is 4.34. The summed E-state index contributed by atoms with van der Waals surface area (Å²) < 4.78 is 11.0. The largest absolute Gasteiger partial charge is 0.497 e. The van der Waals surface area contributed by atoms with Crippen LogP contribution in [0.3, 0.4) is 0 Å². The van der Waals surface area contributed by atoms with E-state index >= 15 is 0 Å². The van der Waals surface area contributed by atoms with Gasteiger partial charge in [-0.3, -0.25) is 4.79 Å². The first-order valence-electron chi connectivity index (χ1n) is 8.71. The van der Waals surface area contributed by atoms with Crippen LogP contribution in [-0.4, -0.2) is 30.1 Å². The van der Waals surface area contributed by atoms with E-state index in [1.807, 2.05) is 29.2 Å². The molecule has 0 spiro atoms. The number of carbonyl (C=O) groups excluding carboxylic acids is 1. The standard InChI is InChI=1S/C21H22N2O3/c1-15(26-20-11-3-16(13-22)4-12-20)21(24)23(18-7-8-18)14-17-5-9-19(25-2)10-6-17/h3-6,9-12,15,18H,7-8,14H2,1-2H3/t15-/m0/s1. The van der Waals surface area contributed by atoms with Gasteiger partial charge in [-0.1, -0.05) is 12.1 Å². The summed E-state index contributed by atoms with van der Waals surface area (Å²) in [6, 6.07) is 16.9. The molecule has 0 aromatic heterocycles. The molecule has 0 radical (unpaired) electrons. The Morgan fingerprint density at radius 1 is 1.15 bits per heavy atom. The summed E-state index contributed by atoms with van der Waals surface area (Å²) >= 11 is 0. The molecule has 1 fully saturated rings. The number of rotatable bonds is 7. The average molecular weight is 350 g/mol. The molecular formula is C21H22N2O3. The van der Waals surface area contributed by atoms with Crippen LogP contribution in [-0.2, 0) is 11.3 Å². The van der Waals surface area contributed by atoms with Crippen molar-refractivity contribution in [1.29, 1.82) is 5.26 Å². The van der Waals surface area contributed by atoms with E-state index in [0.29, 0.717) is 17.9 Å². The van der Waals surface area contributed by atoms with E-state index in [1.165, 1.54) is 0 Å². The molecule has 26 heavy (non-hydrogen) atoms. The van der Waals surface area contributed by atoms with Gasteiger partial charge in [-0.05, 0) is 61.7 Å². The molecular weight excluding hydrogens is 328 g/mol. The number of nitriles is 1. The number of ether oxygens (including phenoxy) is 2. The quantitative estimate of drug-likeness (QED) is 0.766. The molecule has 134 valence electrons. The molecule has 1 aliphatic rings. The second-order valence-electron chi connectivity index (χ2n) is 6.44. The minimum absolute atomic E-state index is 0.0207. The van der Waals surface area contributed by atoms with Crippen molar-refractivity contribution in [3.05, 3.63) is 59.7 Å². The van der Waals surface area contributed by atoms with Crippen LogP contribution in [0.25, 0.3) is 0 Å². The highest BCUT2D eigenvalue weighted by Crippen LogP contribution is 2.30. The molecule has 1 amide bonds. The number of amides is 1. The highest BCUT2D eigenvalue weighted by molar-refractivity contribution is 5.81. The predicted molar refractivity (Wildman–Crippen MR) is 97.8 cm³/mol. The van der Waals surface area contributed by atoms with Crippen LogP contribution < -0.4 is 9.47 Å². The lowest BCUT2D eigenvalue weighted by Gasteiger charge is -2.26. The van der Waals surface area contributed by atoms with Crippen molar-refractivity contribution in [3.63, 3.8) is 0 Å². The number of nitrogens with zero attached hydrogens (tertiary/aromatic N) is 2. The van der Waals surface area contributed by atoms with Gasteiger partial charge in [-0.2, -0.15) is 5.26 Å². The molecule has 0 N–H and O–H groups in total. The van der Waals surface area contributed by atoms with Crippen molar-refractivity contribution in [2.75, 3.05) is 7.11 Å². The van der Waals surface area contributed by atoms with Crippen LogP contribution in [0.5, 0.6) is 11.5 Å². The van der Waals surface area contributed by atoms with Gasteiger partial charge in [0.05, 0.1) is 18.7 Å². The molecule has 0 aliphatic heterocycles. The fourth-order valence-electron chi connectivity index (χ4n) is 2.80. The second-order valence-corrected chi connectivity index (χ2v) is 6.44. The lowest BCUT2D eigenvalue weighted by Crippen LogP contribution is -2.41. The van der Waals surface area contributed by atoms with E-state index in [-0.39, 0.29) is 11.9 Å². The molecule has 0 unspecified atom stereocenters. The summed E-state index contributed by atoms with van der Waals surface area (Å²) in [5, 5.41) is 8.85. The Bertz CT molecular complexity index is 790. The Morgan fingerprint density at radius 2 is 1.77 bits per heavy atom. The molecule has 1 atom stereocenters. The Hall–Kier alpha value is -3.00. The first kappa shape index (κ1) is 17.8. The van der Waals surface area contributed by atoms with E-state index in [0.717, 1.165) is 24.2 Å². The van der Waals surface area contributed by atoms with E-state index < -0.39 is 6.10 Å². The summed E-state index contributed by atoms with van der Waals surface area (Å²) in [7, 11) is 1.64. The van der Waals surface area contributed by atoms with Crippen molar-refractivity contribution in [2.24, 2.45) is 0 Å². The smallest absolute Gasteiger partial charge is 0.263 e. The van der Waals surface area contributed by atoms with E-state index in [2.05, 4.69) is 6.07 Å². The van der Waals surface area contributed by atoms with Crippen LogP contribution in [0.2, 0.25) is 0 Å². The average Bonchev–Trinajstić information content (AvgIpc) is 3.51. The topological polar surface area (TPSA) is 62.6 Å². The van der Waals surface area contributed by atoms with Gasteiger partial charge in [-0.15, -0.1) is 0 Å². The van der Waals surface area contributed by atoms with Crippen LogP contribution >= 0.6 is 0 Å². The summed E-state index contributed by atoms with van der Waals surface area (Å²) in [5.74, 6) is 1.37. The highest BCUT2D eigenvalue weighted by Gasteiger charge is 2.35. The molecule has 3 rings (SSSR count). The molecule has 2 aromatic rings. The Labute approximate surface area is 153 Å². The number of carbonyl (C=O) groups is 1. The normalized spacial score (nSPS) is 14.2. The third-order valence-electron chi connectivity index (χ3n) is 4.43. The highest BCUT2D eigenvalue weighted by atomic mass is 16.5. The van der Waals surface area contributed by atoms with E-state index in [9.17, 15) is 4.79 Å². The molecule has 5 nitrogen and oxygen atoms in total. The van der Waals surface area contributed by atoms with Gasteiger partial charge in [0, 0.05) is 12.6 Å². The van der Waals surface area contributed by atoms with Crippen LogP contribution in [0, 0.1) is 11.3 Å². The summed E-state index contributed by atoms with van der Waals surface area (Å²) in [4.78, 5) is 14.8. The lowest BCUT2D eigenvalue weighted by atomic mass is 10.2. The van der Waals surface area contributed by atoms with Crippen molar-refractivity contribution in [1.82, 2.24) is 4.90 Å². The molecule has 0 bridgehead atoms. The molecule has 5 heteroatoms. The maximum Gasteiger partial charge on any atom is 0.263 e. The Morgan fingerprint density at radius 3 is 2.31 bits per heavy atom. The minimum Gasteiger partial charge on any atom is -0.497 e. The zero-order valence-electron chi connectivity index (χ0n) is 15.0. The van der Waals surface area contributed by atoms with Crippen LogP contribution in [0.1, 0.15) is 30.9 Å². The lowest BCUT2D eigenvalue weighted by molar-refractivity contribution is -0.139. The van der Waals surface area contributed by atoms with Crippen LogP contribution in [0.15, 0.2) is 48.5 Å². The monoisotopic (exact) mass is 350 g/mol. The van der Waals surface area contributed by atoms with Crippen molar-refractivity contribution in [3.8, 4) is 17.6 Å². The van der Waals surface area contributed by atoms with Gasteiger partial charge in [0.2, 0.25) is 0 Å². The zero-order valence-corrected chi connectivity index (χ0v) is 15.0. The van der Waals surface area contributed by atoms with Gasteiger partial charge in [0.15, 0.2) is 6.10 Å². The molecule has 0 saturated heterocycles. The molecule has 0 heterocycles. The number of benzene rings is 2. The van der Waals surface area contributed by atoms with Gasteiger partial charge < -0.3 is 14.4 Å². The van der Waals surface area contributed by atoms with Crippen LogP contribution in [0.4, 0.5) is 0 Å². The predicted octanol–water partition coefficient (Wildman–Crippen LogP) is 3.53. The summed E-state index contributed by atoms with van der Waals surface area (Å²) in [6.07, 6.45) is 1.48. The van der Waals surface area contributed by atoms with Crippen molar-refractivity contribution in [2.45, 2.75) is 38.5 Å². The Kier molecular flexibility index (Phi) is 5.43. The SMILES string of the molecule is COc1ccc(CN(C(=O)[C@H](C)Oc2ccc(C#N)cc2)C2CC2)cc1. The number of hydrogen-bond donors (Lipinski definition) is 0. The van der Waals surface area contributed by atoms with Gasteiger partial charge in [-0.25, -0.2) is 0 Å². The maximum absolute atomic E-state index is 12.9. The van der Waals surface area contributed by atoms with E-state index in [4.69, 9.17) is 14.7 Å².